The van der Waals surface area contributed by atoms with Gasteiger partial charge >= 0.3 is 0 Å². The van der Waals surface area contributed by atoms with Crippen molar-refractivity contribution >= 4 is 27.5 Å². The molecule has 0 N–H and O–H groups in total. The van der Waals surface area contributed by atoms with Crippen LogP contribution >= 0.6 is 27.5 Å². The fourth-order valence-corrected chi connectivity index (χ4v) is 1.72. The van der Waals surface area contributed by atoms with Gasteiger partial charge in [-0.25, -0.2) is 0 Å². The smallest absolute Gasteiger partial charge is 0.156 e. The van der Waals surface area contributed by atoms with E-state index in [0.29, 0.717) is 5.88 Å². The number of ether oxygens (including phenoxy) is 1. The van der Waals surface area contributed by atoms with Crippen LogP contribution in [-0.4, -0.2) is 22.8 Å². The fourth-order valence-electron chi connectivity index (χ4n) is 0.802. The zero-order valence-corrected chi connectivity index (χ0v) is 9.05. The highest BCUT2D eigenvalue weighted by Crippen LogP contribution is 2.21. The summed E-state index contributed by atoms with van der Waals surface area (Å²) in [5, 5.41) is 4.09. The Kier molecular flexibility index (Phi) is 3.88. The summed E-state index contributed by atoms with van der Waals surface area (Å²) < 4.78 is 6.76. The molecule has 0 aliphatic carbocycles. The molecule has 1 atom stereocenters. The van der Waals surface area contributed by atoms with Gasteiger partial charge in [0.2, 0.25) is 0 Å². The van der Waals surface area contributed by atoms with Gasteiger partial charge in [-0.3, -0.25) is 4.68 Å². The van der Waals surface area contributed by atoms with E-state index in [0.717, 1.165) is 12.2 Å². The molecule has 0 fully saturated rings. The lowest BCUT2D eigenvalue weighted by Crippen LogP contribution is -2.02. The number of aromatic nitrogens is 2. The van der Waals surface area contributed by atoms with Gasteiger partial charge in [-0.05, 0) is 6.42 Å². The summed E-state index contributed by atoms with van der Waals surface area (Å²) in [6, 6.07) is 0. The van der Waals surface area contributed by atoms with Crippen LogP contribution in [0.5, 0.6) is 5.75 Å². The number of hydrogen-bond donors (Lipinski definition) is 0. The maximum Gasteiger partial charge on any atom is 0.156 e. The fraction of sp³-hybridized carbons (Fsp3) is 0.571. The molecule has 1 aromatic rings. The van der Waals surface area contributed by atoms with Crippen molar-refractivity contribution in [1.82, 2.24) is 9.78 Å². The lowest BCUT2D eigenvalue weighted by molar-refractivity contribution is 0.413. The van der Waals surface area contributed by atoms with Crippen LogP contribution in [0.25, 0.3) is 0 Å². The number of hydrogen-bond acceptors (Lipinski definition) is 2. The van der Waals surface area contributed by atoms with E-state index < -0.39 is 0 Å². The number of alkyl halides is 2. The van der Waals surface area contributed by atoms with Crippen LogP contribution < -0.4 is 4.74 Å². The van der Waals surface area contributed by atoms with Gasteiger partial charge in [0, 0.05) is 5.88 Å². The van der Waals surface area contributed by atoms with Crippen LogP contribution in [0.1, 0.15) is 11.4 Å². The molecule has 68 valence electrons. The van der Waals surface area contributed by atoms with Gasteiger partial charge in [0.1, 0.15) is 4.95 Å². The number of nitrogens with zero attached hydrogens (tertiary/aromatic N) is 2. The van der Waals surface area contributed by atoms with Crippen molar-refractivity contribution < 1.29 is 4.74 Å². The molecule has 0 aromatic carbocycles. The predicted molar refractivity (Wildman–Crippen MR) is 52.1 cm³/mol. The predicted octanol–water partition coefficient (Wildman–Crippen LogP) is 2.41. The zero-order chi connectivity index (χ0) is 8.97. The molecule has 1 heterocycles. The molecule has 1 aromatic heterocycles. The highest BCUT2D eigenvalue weighted by Gasteiger charge is 2.06. The number of halogens is 2. The minimum Gasteiger partial charge on any atom is -0.493 e. The van der Waals surface area contributed by atoms with E-state index in [1.165, 1.54) is 0 Å². The molecule has 0 radical (unpaired) electrons. The third-order valence-electron chi connectivity index (χ3n) is 1.45. The van der Waals surface area contributed by atoms with Gasteiger partial charge in [-0.2, -0.15) is 5.10 Å². The molecular formula is C7H10BrClN2O. The van der Waals surface area contributed by atoms with Gasteiger partial charge in [0.15, 0.2) is 5.75 Å². The summed E-state index contributed by atoms with van der Waals surface area (Å²) in [6.07, 6.45) is 4.33. The van der Waals surface area contributed by atoms with Crippen molar-refractivity contribution in [2.24, 2.45) is 0 Å². The first-order valence-corrected chi connectivity index (χ1v) is 5.01. The normalized spacial score (nSPS) is 12.9. The van der Waals surface area contributed by atoms with E-state index in [-0.39, 0.29) is 4.95 Å². The molecular weight excluding hydrogens is 243 g/mol. The van der Waals surface area contributed by atoms with Crippen LogP contribution in [0.15, 0.2) is 12.4 Å². The molecule has 5 heteroatoms. The Hall–Kier alpha value is -0.220. The highest BCUT2D eigenvalue weighted by atomic mass is 79.9. The lowest BCUT2D eigenvalue weighted by atomic mass is 10.5. The van der Waals surface area contributed by atoms with Crippen molar-refractivity contribution in [1.29, 1.82) is 0 Å². The molecule has 12 heavy (non-hydrogen) atoms. The summed E-state index contributed by atoms with van der Waals surface area (Å²) in [7, 11) is 1.62. The molecule has 0 spiro atoms. The standard InChI is InChI=1S/C7H10BrClN2O/c1-12-6-4-10-11(5-6)7(8)2-3-9/h4-5,7H,2-3H2,1H3. The Morgan fingerprint density at radius 1 is 1.83 bits per heavy atom. The monoisotopic (exact) mass is 252 g/mol. The molecule has 0 bridgehead atoms. The average molecular weight is 254 g/mol. The number of rotatable bonds is 4. The Morgan fingerprint density at radius 3 is 3.08 bits per heavy atom. The third kappa shape index (κ3) is 2.38. The Labute approximate surface area is 84.8 Å². The maximum atomic E-state index is 5.58. The molecule has 1 unspecified atom stereocenters. The summed E-state index contributed by atoms with van der Waals surface area (Å²) in [5.41, 5.74) is 0. The van der Waals surface area contributed by atoms with Gasteiger partial charge in [0.05, 0.1) is 19.5 Å². The second kappa shape index (κ2) is 4.72. The lowest BCUT2D eigenvalue weighted by Gasteiger charge is -2.06. The average Bonchev–Trinajstić information content (AvgIpc) is 2.52. The molecule has 0 amide bonds. The van der Waals surface area contributed by atoms with Crippen molar-refractivity contribution in [3.63, 3.8) is 0 Å². The van der Waals surface area contributed by atoms with Crippen LogP contribution in [0.4, 0.5) is 0 Å². The van der Waals surface area contributed by atoms with Crippen LogP contribution in [0, 0.1) is 0 Å². The van der Waals surface area contributed by atoms with Crippen LogP contribution in [0.3, 0.4) is 0 Å². The van der Waals surface area contributed by atoms with Crippen molar-refractivity contribution in [3.05, 3.63) is 12.4 Å². The van der Waals surface area contributed by atoms with Crippen LogP contribution in [-0.2, 0) is 0 Å². The molecule has 0 aliphatic rings. The van der Waals surface area contributed by atoms with E-state index in [9.17, 15) is 0 Å². The largest absolute Gasteiger partial charge is 0.493 e. The van der Waals surface area contributed by atoms with E-state index in [2.05, 4.69) is 21.0 Å². The summed E-state index contributed by atoms with van der Waals surface area (Å²) in [6.45, 7) is 0. The van der Waals surface area contributed by atoms with Gasteiger partial charge in [0.25, 0.3) is 0 Å². The maximum absolute atomic E-state index is 5.58. The quantitative estimate of drug-likeness (QED) is 0.771. The molecule has 0 saturated heterocycles. The summed E-state index contributed by atoms with van der Waals surface area (Å²) in [4.78, 5) is 0.152. The Balaban J connectivity index is 2.61. The van der Waals surface area contributed by atoms with Crippen molar-refractivity contribution in [2.45, 2.75) is 11.4 Å². The van der Waals surface area contributed by atoms with Crippen molar-refractivity contribution in [3.8, 4) is 5.75 Å². The summed E-state index contributed by atoms with van der Waals surface area (Å²) >= 11 is 9.03. The second-order valence-electron chi connectivity index (χ2n) is 2.27. The second-order valence-corrected chi connectivity index (χ2v) is 3.71. The van der Waals surface area contributed by atoms with E-state index in [4.69, 9.17) is 16.3 Å². The molecule has 3 nitrogen and oxygen atoms in total. The SMILES string of the molecule is COc1cnn(C(Br)CCCl)c1. The van der Waals surface area contributed by atoms with E-state index in [1.807, 2.05) is 6.20 Å². The third-order valence-corrected chi connectivity index (χ3v) is 2.54. The highest BCUT2D eigenvalue weighted by molar-refractivity contribution is 9.09. The first-order chi connectivity index (χ1) is 5.77. The van der Waals surface area contributed by atoms with Gasteiger partial charge in [-0.15, -0.1) is 11.6 Å². The van der Waals surface area contributed by atoms with Gasteiger partial charge in [-0.1, -0.05) is 15.9 Å². The molecule has 1 rings (SSSR count). The Morgan fingerprint density at radius 2 is 2.58 bits per heavy atom. The number of methoxy groups -OCH3 is 1. The van der Waals surface area contributed by atoms with Gasteiger partial charge < -0.3 is 4.74 Å². The first-order valence-electron chi connectivity index (χ1n) is 3.56. The zero-order valence-electron chi connectivity index (χ0n) is 6.70. The van der Waals surface area contributed by atoms with E-state index >= 15 is 0 Å². The first kappa shape index (κ1) is 9.86. The molecule has 0 aliphatic heterocycles. The minimum absolute atomic E-state index is 0.152. The van der Waals surface area contributed by atoms with Crippen LogP contribution in [0.2, 0.25) is 0 Å². The molecule has 0 saturated carbocycles. The van der Waals surface area contributed by atoms with E-state index in [1.54, 1.807) is 18.0 Å². The summed E-state index contributed by atoms with van der Waals surface area (Å²) in [5.74, 6) is 1.37. The van der Waals surface area contributed by atoms with Crippen molar-refractivity contribution in [2.75, 3.05) is 13.0 Å². The minimum atomic E-state index is 0.152. The Bertz CT molecular complexity index is 241. The topological polar surface area (TPSA) is 27.1 Å².